The number of aliphatic hydroxyl groups is 1. The summed E-state index contributed by atoms with van der Waals surface area (Å²) in [6.45, 7) is 0.817. The van der Waals surface area contributed by atoms with Crippen LogP contribution in [-0.4, -0.2) is 18.7 Å². The van der Waals surface area contributed by atoms with Crippen LogP contribution in [0.4, 0.5) is 5.69 Å². The molecule has 2 rings (SSSR count). The Morgan fingerprint density at radius 2 is 1.84 bits per heavy atom. The molecule has 1 unspecified atom stereocenters. The third kappa shape index (κ3) is 4.08. The van der Waals surface area contributed by atoms with Crippen LogP contribution in [0.3, 0.4) is 0 Å². The Labute approximate surface area is 122 Å². The van der Waals surface area contributed by atoms with Crippen molar-refractivity contribution in [2.45, 2.75) is 12.5 Å². The molecule has 0 spiro atoms. The molecule has 2 aromatic rings. The van der Waals surface area contributed by atoms with E-state index in [0.717, 1.165) is 16.6 Å². The number of hydrogen-bond donors (Lipinski definition) is 1. The van der Waals surface area contributed by atoms with Crippen LogP contribution >= 0.6 is 15.9 Å². The molecule has 0 saturated heterocycles. The summed E-state index contributed by atoms with van der Waals surface area (Å²) in [7, 11) is 2.04. The van der Waals surface area contributed by atoms with Crippen LogP contribution in [0.2, 0.25) is 0 Å². The van der Waals surface area contributed by atoms with Gasteiger partial charge in [0.25, 0.3) is 0 Å². The smallest absolute Gasteiger partial charge is 0.0807 e. The van der Waals surface area contributed by atoms with Gasteiger partial charge in [-0.2, -0.15) is 0 Å². The second-order valence-corrected chi connectivity index (χ2v) is 5.53. The zero-order chi connectivity index (χ0) is 13.7. The average Bonchev–Trinajstić information content (AvgIpc) is 2.45. The van der Waals surface area contributed by atoms with Crippen molar-refractivity contribution in [1.82, 2.24) is 0 Å². The summed E-state index contributed by atoms with van der Waals surface area (Å²) in [5.74, 6) is 0. The summed E-state index contributed by atoms with van der Waals surface area (Å²) in [4.78, 5) is 2.15. The molecule has 2 aromatic carbocycles. The van der Waals surface area contributed by atoms with E-state index in [-0.39, 0.29) is 0 Å². The number of hydrogen-bond acceptors (Lipinski definition) is 2. The molecular weight excluding hydrogens is 302 g/mol. The highest BCUT2D eigenvalue weighted by Crippen LogP contribution is 2.21. The van der Waals surface area contributed by atoms with Gasteiger partial charge in [0.15, 0.2) is 0 Å². The Morgan fingerprint density at radius 1 is 1.11 bits per heavy atom. The molecule has 0 aliphatic carbocycles. The van der Waals surface area contributed by atoms with Crippen LogP contribution in [0.15, 0.2) is 59.1 Å². The average molecular weight is 320 g/mol. The van der Waals surface area contributed by atoms with Crippen LogP contribution in [-0.2, 0) is 0 Å². The number of anilines is 1. The lowest BCUT2D eigenvalue weighted by Gasteiger charge is -2.21. The van der Waals surface area contributed by atoms with Gasteiger partial charge in [-0.15, -0.1) is 0 Å². The summed E-state index contributed by atoms with van der Waals surface area (Å²) < 4.78 is 1.00. The highest BCUT2D eigenvalue weighted by Gasteiger charge is 2.09. The van der Waals surface area contributed by atoms with Gasteiger partial charge in [0.05, 0.1) is 6.10 Å². The van der Waals surface area contributed by atoms with Crippen molar-refractivity contribution in [1.29, 1.82) is 0 Å². The van der Waals surface area contributed by atoms with E-state index >= 15 is 0 Å². The van der Waals surface area contributed by atoms with Gasteiger partial charge in [0.1, 0.15) is 0 Å². The van der Waals surface area contributed by atoms with Crippen LogP contribution in [0.5, 0.6) is 0 Å². The topological polar surface area (TPSA) is 23.5 Å². The predicted octanol–water partition coefficient (Wildman–Crippen LogP) is 4.01. The lowest BCUT2D eigenvalue weighted by atomic mass is 10.1. The number of para-hydroxylation sites is 1. The van der Waals surface area contributed by atoms with Crippen molar-refractivity contribution < 1.29 is 5.11 Å². The first-order valence-electron chi connectivity index (χ1n) is 6.36. The number of nitrogens with zero attached hydrogens (tertiary/aromatic N) is 1. The predicted molar refractivity (Wildman–Crippen MR) is 83.4 cm³/mol. The SMILES string of the molecule is CN(CCC(O)c1cccc(Br)c1)c1ccccc1. The summed E-state index contributed by atoms with van der Waals surface area (Å²) in [6.07, 6.45) is 0.283. The van der Waals surface area contributed by atoms with Crippen LogP contribution in [0.25, 0.3) is 0 Å². The summed E-state index contributed by atoms with van der Waals surface area (Å²) in [5.41, 5.74) is 2.12. The molecule has 1 atom stereocenters. The molecule has 0 heterocycles. The first-order chi connectivity index (χ1) is 9.16. The van der Waals surface area contributed by atoms with E-state index in [0.29, 0.717) is 6.42 Å². The quantitative estimate of drug-likeness (QED) is 0.900. The zero-order valence-electron chi connectivity index (χ0n) is 11.0. The Kier molecular flexibility index (Phi) is 5.00. The standard InChI is InChI=1S/C16H18BrNO/c1-18(15-8-3-2-4-9-15)11-10-16(19)13-6-5-7-14(17)12-13/h2-9,12,16,19H,10-11H2,1H3. The third-order valence-electron chi connectivity index (χ3n) is 3.17. The molecule has 19 heavy (non-hydrogen) atoms. The van der Waals surface area contributed by atoms with E-state index < -0.39 is 6.10 Å². The molecule has 0 aromatic heterocycles. The molecule has 0 amide bonds. The van der Waals surface area contributed by atoms with Crippen molar-refractivity contribution >= 4 is 21.6 Å². The van der Waals surface area contributed by atoms with Gasteiger partial charge < -0.3 is 10.0 Å². The normalized spacial score (nSPS) is 12.2. The maximum atomic E-state index is 10.2. The van der Waals surface area contributed by atoms with E-state index in [1.807, 2.05) is 49.5 Å². The molecular formula is C16H18BrNO. The Balaban J connectivity index is 1.92. The monoisotopic (exact) mass is 319 g/mol. The molecule has 3 heteroatoms. The van der Waals surface area contributed by atoms with Crippen molar-refractivity contribution in [3.8, 4) is 0 Å². The van der Waals surface area contributed by atoms with Gasteiger partial charge in [-0.05, 0) is 36.2 Å². The van der Waals surface area contributed by atoms with Crippen LogP contribution < -0.4 is 4.90 Å². The largest absolute Gasteiger partial charge is 0.388 e. The summed E-state index contributed by atoms with van der Waals surface area (Å²) in [5, 5.41) is 10.2. The number of rotatable bonds is 5. The highest BCUT2D eigenvalue weighted by molar-refractivity contribution is 9.10. The second-order valence-electron chi connectivity index (χ2n) is 4.62. The van der Waals surface area contributed by atoms with Gasteiger partial charge in [0.2, 0.25) is 0 Å². The fourth-order valence-corrected chi connectivity index (χ4v) is 2.42. The van der Waals surface area contributed by atoms with Gasteiger partial charge in [-0.3, -0.25) is 0 Å². The minimum Gasteiger partial charge on any atom is -0.388 e. The molecule has 2 nitrogen and oxygen atoms in total. The van der Waals surface area contributed by atoms with Gasteiger partial charge in [-0.25, -0.2) is 0 Å². The Morgan fingerprint density at radius 3 is 2.53 bits per heavy atom. The summed E-state index contributed by atoms with van der Waals surface area (Å²) >= 11 is 3.43. The molecule has 1 N–H and O–H groups in total. The minimum absolute atomic E-state index is 0.427. The third-order valence-corrected chi connectivity index (χ3v) is 3.66. The van der Waals surface area contributed by atoms with Gasteiger partial charge in [0, 0.05) is 23.8 Å². The molecule has 0 radical (unpaired) electrons. The Bertz CT molecular complexity index is 515. The first kappa shape index (κ1) is 14.1. The lowest BCUT2D eigenvalue weighted by molar-refractivity contribution is 0.170. The lowest BCUT2D eigenvalue weighted by Crippen LogP contribution is -2.20. The van der Waals surface area contributed by atoms with E-state index in [1.165, 1.54) is 5.69 Å². The van der Waals surface area contributed by atoms with Gasteiger partial charge in [-0.1, -0.05) is 46.3 Å². The van der Waals surface area contributed by atoms with E-state index in [4.69, 9.17) is 0 Å². The van der Waals surface area contributed by atoms with Crippen LogP contribution in [0.1, 0.15) is 18.1 Å². The van der Waals surface area contributed by atoms with Crippen molar-refractivity contribution in [3.05, 3.63) is 64.6 Å². The molecule has 0 bridgehead atoms. The van der Waals surface area contributed by atoms with E-state index in [9.17, 15) is 5.11 Å². The number of aliphatic hydroxyl groups excluding tert-OH is 1. The maximum Gasteiger partial charge on any atom is 0.0807 e. The number of halogens is 1. The molecule has 0 aliphatic heterocycles. The highest BCUT2D eigenvalue weighted by atomic mass is 79.9. The maximum absolute atomic E-state index is 10.2. The molecule has 0 saturated carbocycles. The zero-order valence-corrected chi connectivity index (χ0v) is 12.5. The van der Waals surface area contributed by atoms with Crippen molar-refractivity contribution in [3.63, 3.8) is 0 Å². The van der Waals surface area contributed by atoms with Gasteiger partial charge >= 0.3 is 0 Å². The van der Waals surface area contributed by atoms with Crippen molar-refractivity contribution in [2.24, 2.45) is 0 Å². The summed E-state index contributed by atoms with van der Waals surface area (Å²) in [6, 6.07) is 18.0. The molecule has 100 valence electrons. The van der Waals surface area contributed by atoms with Crippen molar-refractivity contribution in [2.75, 3.05) is 18.5 Å². The second kappa shape index (κ2) is 6.73. The van der Waals surface area contributed by atoms with E-state index in [2.05, 4.69) is 33.0 Å². The first-order valence-corrected chi connectivity index (χ1v) is 7.16. The van der Waals surface area contributed by atoms with Crippen LogP contribution in [0, 0.1) is 0 Å². The fourth-order valence-electron chi connectivity index (χ4n) is 2.01. The van der Waals surface area contributed by atoms with E-state index in [1.54, 1.807) is 0 Å². The minimum atomic E-state index is -0.427. The fraction of sp³-hybridized carbons (Fsp3) is 0.250. The number of benzene rings is 2. The Hall–Kier alpha value is -1.32. The molecule has 0 aliphatic rings. The molecule has 0 fully saturated rings.